The second-order valence-corrected chi connectivity index (χ2v) is 12.2. The Kier molecular flexibility index (Phi) is 8.32. The predicted molar refractivity (Wildman–Crippen MR) is 100 cm³/mol. The van der Waals surface area contributed by atoms with Crippen LogP contribution in [0.1, 0.15) is 69.4 Å². The minimum absolute atomic E-state index is 1.24. The Hall–Kier alpha value is -0.563. The zero-order valence-corrected chi connectivity index (χ0v) is 16.1. The quantitative estimate of drug-likeness (QED) is 0.348. The Morgan fingerprint density at radius 3 is 2.00 bits per heavy atom. The number of hydrogen-bond donors (Lipinski definition) is 0. The molecule has 0 unspecified atom stereocenters. The SMILES string of the molecule is CCCCCCCCCC[Si](C)(C)c1cc(C)ccc1C. The highest BCUT2D eigenvalue weighted by molar-refractivity contribution is 6.90. The Bertz CT molecular complexity index is 406. The lowest BCUT2D eigenvalue weighted by molar-refractivity contribution is 0.584. The summed E-state index contributed by atoms with van der Waals surface area (Å²) in [4.78, 5) is 0. The summed E-state index contributed by atoms with van der Waals surface area (Å²) < 4.78 is 0. The molecule has 0 nitrogen and oxygen atoms in total. The van der Waals surface area contributed by atoms with Crippen molar-refractivity contribution < 1.29 is 0 Å². The van der Waals surface area contributed by atoms with E-state index < -0.39 is 8.07 Å². The van der Waals surface area contributed by atoms with E-state index in [9.17, 15) is 0 Å². The normalized spacial score (nSPS) is 11.9. The van der Waals surface area contributed by atoms with Crippen molar-refractivity contribution in [2.24, 2.45) is 0 Å². The van der Waals surface area contributed by atoms with E-state index in [4.69, 9.17) is 0 Å². The molecule has 0 aromatic heterocycles. The van der Waals surface area contributed by atoms with E-state index >= 15 is 0 Å². The van der Waals surface area contributed by atoms with Crippen LogP contribution in [0.25, 0.3) is 0 Å². The first kappa shape index (κ1) is 18.5. The van der Waals surface area contributed by atoms with E-state index in [-0.39, 0.29) is 0 Å². The summed E-state index contributed by atoms with van der Waals surface area (Å²) in [6.45, 7) is 11.9. The monoisotopic (exact) mass is 304 g/mol. The van der Waals surface area contributed by atoms with Crippen molar-refractivity contribution in [2.75, 3.05) is 0 Å². The van der Waals surface area contributed by atoms with Crippen LogP contribution in [0.3, 0.4) is 0 Å². The molecule has 120 valence electrons. The van der Waals surface area contributed by atoms with Crippen molar-refractivity contribution in [2.45, 2.75) is 91.3 Å². The van der Waals surface area contributed by atoms with Gasteiger partial charge in [0, 0.05) is 0 Å². The summed E-state index contributed by atoms with van der Waals surface area (Å²) in [6, 6.07) is 8.46. The maximum absolute atomic E-state index is 2.55. The van der Waals surface area contributed by atoms with Gasteiger partial charge in [0.25, 0.3) is 0 Å². The lowest BCUT2D eigenvalue weighted by atomic mass is 10.1. The van der Waals surface area contributed by atoms with Gasteiger partial charge in [-0.2, -0.15) is 0 Å². The highest BCUT2D eigenvalue weighted by Gasteiger charge is 2.24. The zero-order valence-electron chi connectivity index (χ0n) is 15.1. The average Bonchev–Trinajstić information content (AvgIpc) is 2.44. The zero-order chi connectivity index (χ0) is 15.7. The molecule has 0 radical (unpaired) electrons. The molecule has 1 rings (SSSR count). The number of unbranched alkanes of at least 4 members (excludes halogenated alkanes) is 7. The van der Waals surface area contributed by atoms with Gasteiger partial charge in [0.15, 0.2) is 0 Å². The third-order valence-corrected chi connectivity index (χ3v) is 8.38. The fourth-order valence-electron chi connectivity index (χ4n) is 3.30. The first-order valence-electron chi connectivity index (χ1n) is 9.05. The fraction of sp³-hybridized carbons (Fsp3) is 0.700. The van der Waals surface area contributed by atoms with Gasteiger partial charge in [0.1, 0.15) is 0 Å². The van der Waals surface area contributed by atoms with Crippen LogP contribution in [0.2, 0.25) is 19.1 Å². The number of hydrogen-bond acceptors (Lipinski definition) is 0. The summed E-state index contributed by atoms with van der Waals surface area (Å²) in [5, 5.41) is 1.69. The van der Waals surface area contributed by atoms with Gasteiger partial charge in [-0.15, -0.1) is 0 Å². The van der Waals surface area contributed by atoms with Gasteiger partial charge < -0.3 is 0 Å². The molecule has 21 heavy (non-hydrogen) atoms. The maximum Gasteiger partial charge on any atom is 0.0809 e. The largest absolute Gasteiger partial charge is 0.0809 e. The molecule has 0 N–H and O–H groups in total. The second kappa shape index (κ2) is 9.45. The van der Waals surface area contributed by atoms with Crippen molar-refractivity contribution in [3.8, 4) is 0 Å². The molecule has 0 saturated carbocycles. The summed E-state index contributed by atoms with van der Waals surface area (Å²) in [7, 11) is -1.24. The van der Waals surface area contributed by atoms with Crippen molar-refractivity contribution in [3.05, 3.63) is 29.3 Å². The van der Waals surface area contributed by atoms with Crippen molar-refractivity contribution in [3.63, 3.8) is 0 Å². The molecule has 0 aliphatic heterocycles. The molecule has 0 saturated heterocycles. The molecule has 1 aromatic rings. The van der Waals surface area contributed by atoms with Crippen molar-refractivity contribution >= 4 is 13.3 Å². The molecule has 0 fully saturated rings. The molecule has 0 spiro atoms. The smallest absolute Gasteiger partial charge is 0.0654 e. The lowest BCUT2D eigenvalue weighted by Gasteiger charge is -2.25. The molecule has 0 atom stereocenters. The third kappa shape index (κ3) is 6.82. The van der Waals surface area contributed by atoms with Crippen molar-refractivity contribution in [1.29, 1.82) is 0 Å². The van der Waals surface area contributed by atoms with Crippen LogP contribution >= 0.6 is 0 Å². The summed E-state index contributed by atoms with van der Waals surface area (Å²) in [6.07, 6.45) is 11.4. The first-order chi connectivity index (χ1) is 9.97. The van der Waals surface area contributed by atoms with Gasteiger partial charge in [0.05, 0.1) is 8.07 Å². The Morgan fingerprint density at radius 2 is 1.38 bits per heavy atom. The first-order valence-corrected chi connectivity index (χ1v) is 12.3. The fourth-order valence-corrected chi connectivity index (χ4v) is 6.47. The topological polar surface area (TPSA) is 0 Å². The Balaban J connectivity index is 2.31. The van der Waals surface area contributed by atoms with Gasteiger partial charge >= 0.3 is 0 Å². The van der Waals surface area contributed by atoms with Crippen molar-refractivity contribution in [1.82, 2.24) is 0 Å². The molecule has 1 heteroatoms. The van der Waals surface area contributed by atoms with E-state index in [1.165, 1.54) is 68.5 Å². The maximum atomic E-state index is 2.55. The molecule has 0 bridgehead atoms. The molecule has 0 aliphatic rings. The van der Waals surface area contributed by atoms with Crippen LogP contribution in [0.15, 0.2) is 18.2 Å². The lowest BCUT2D eigenvalue weighted by Crippen LogP contribution is -2.42. The van der Waals surface area contributed by atoms with Gasteiger partial charge in [-0.3, -0.25) is 0 Å². The van der Waals surface area contributed by atoms with Crippen LogP contribution < -0.4 is 5.19 Å². The summed E-state index contributed by atoms with van der Waals surface area (Å²) in [5.74, 6) is 0. The van der Waals surface area contributed by atoms with E-state index in [1.807, 2.05) is 0 Å². The average molecular weight is 305 g/mol. The van der Waals surface area contributed by atoms with Gasteiger partial charge in [-0.05, 0) is 13.8 Å². The predicted octanol–water partition coefficient (Wildman–Crippen LogP) is 6.36. The highest BCUT2D eigenvalue weighted by Crippen LogP contribution is 2.18. The third-order valence-electron chi connectivity index (χ3n) is 4.78. The number of benzene rings is 1. The highest BCUT2D eigenvalue weighted by atomic mass is 28.3. The Morgan fingerprint density at radius 1 is 0.810 bits per heavy atom. The van der Waals surface area contributed by atoms with Crippen LogP contribution in [0.5, 0.6) is 0 Å². The molecule has 0 aliphatic carbocycles. The molecule has 0 heterocycles. The summed E-state index contributed by atoms with van der Waals surface area (Å²) >= 11 is 0. The standard InChI is InChI=1S/C20H36Si/c1-6-7-8-9-10-11-12-13-16-21(4,5)20-17-18(2)14-15-19(20)3/h14-15,17H,6-13,16H2,1-5H3. The minimum atomic E-state index is -1.24. The second-order valence-electron chi connectivity index (χ2n) is 7.43. The summed E-state index contributed by atoms with van der Waals surface area (Å²) in [5.41, 5.74) is 2.93. The number of aryl methyl sites for hydroxylation is 2. The van der Waals surface area contributed by atoms with Gasteiger partial charge in [-0.1, -0.05) is 112 Å². The van der Waals surface area contributed by atoms with Crippen LogP contribution in [-0.4, -0.2) is 8.07 Å². The van der Waals surface area contributed by atoms with E-state index in [1.54, 1.807) is 5.19 Å². The van der Waals surface area contributed by atoms with Crippen LogP contribution in [0.4, 0.5) is 0 Å². The molecule has 0 amide bonds. The Labute approximate surface area is 134 Å². The van der Waals surface area contributed by atoms with E-state index in [0.29, 0.717) is 0 Å². The van der Waals surface area contributed by atoms with Crippen LogP contribution in [-0.2, 0) is 0 Å². The van der Waals surface area contributed by atoms with Gasteiger partial charge in [-0.25, -0.2) is 0 Å². The van der Waals surface area contributed by atoms with E-state index in [2.05, 4.69) is 52.1 Å². The number of rotatable bonds is 10. The minimum Gasteiger partial charge on any atom is -0.0654 e. The molecule has 1 aromatic carbocycles. The molecular formula is C20H36Si. The van der Waals surface area contributed by atoms with Gasteiger partial charge in [0.2, 0.25) is 0 Å². The molecular weight excluding hydrogens is 268 g/mol. The van der Waals surface area contributed by atoms with E-state index in [0.717, 1.165) is 0 Å². The van der Waals surface area contributed by atoms with Crippen LogP contribution in [0, 0.1) is 13.8 Å².